The van der Waals surface area contributed by atoms with Crippen LogP contribution in [0.1, 0.15) is 0 Å². The summed E-state index contributed by atoms with van der Waals surface area (Å²) in [5.74, 6) is 0.214. The molecule has 2 aromatic carbocycles. The summed E-state index contributed by atoms with van der Waals surface area (Å²) in [4.78, 5) is 18.5. The Morgan fingerprint density at radius 1 is 1.24 bits per heavy atom. The number of thioether (sulfide) groups is 1. The minimum Gasteiger partial charge on any atom is -0.484 e. The van der Waals surface area contributed by atoms with Crippen LogP contribution in [0.5, 0.6) is 5.75 Å². The van der Waals surface area contributed by atoms with Crippen molar-refractivity contribution < 1.29 is 17.9 Å². The summed E-state index contributed by atoms with van der Waals surface area (Å²) in [5.41, 5.74) is 0.793. The summed E-state index contributed by atoms with van der Waals surface area (Å²) in [6, 6.07) is 14.0. The van der Waals surface area contributed by atoms with Crippen LogP contribution in [0.15, 0.2) is 58.0 Å². The lowest BCUT2D eigenvalue weighted by Gasteiger charge is -2.24. The van der Waals surface area contributed by atoms with Gasteiger partial charge >= 0.3 is 0 Å². The Bertz CT molecular complexity index is 1080. The number of amides is 1. The van der Waals surface area contributed by atoms with Crippen LogP contribution in [0.3, 0.4) is 0 Å². The van der Waals surface area contributed by atoms with Crippen LogP contribution in [0, 0.1) is 0 Å². The lowest BCUT2D eigenvalue weighted by Crippen LogP contribution is -2.37. The molecule has 2 aliphatic rings. The van der Waals surface area contributed by atoms with Crippen LogP contribution in [0.2, 0.25) is 5.02 Å². The molecule has 2 aromatic rings. The molecule has 2 saturated heterocycles. The molecule has 0 N–H and O–H groups in total. The summed E-state index contributed by atoms with van der Waals surface area (Å²) >= 11 is 10.6. The molecule has 0 saturated carbocycles. The van der Waals surface area contributed by atoms with Gasteiger partial charge < -0.3 is 9.64 Å². The van der Waals surface area contributed by atoms with Crippen molar-refractivity contribution in [2.45, 2.75) is 11.3 Å². The molecule has 29 heavy (non-hydrogen) atoms. The van der Waals surface area contributed by atoms with Crippen LogP contribution in [0.25, 0.3) is 0 Å². The van der Waals surface area contributed by atoms with E-state index in [-0.39, 0.29) is 29.4 Å². The lowest BCUT2D eigenvalue weighted by atomic mass is 10.2. The number of anilines is 1. The third-order valence-corrected chi connectivity index (χ3v) is 8.50. The standard InChI is InChI=1S/C19H16BrClN2O4S2/c20-12-2-1-3-14(8-12)23-16-10-29(25,26)11-17(16)28-19(23)22-18(24)9-27-15-6-4-13(21)5-7-15/h1-8,16-17H,9-11H2/t16-,17+/m0/s1. The Kier molecular flexibility index (Phi) is 5.92. The number of sulfone groups is 1. The van der Waals surface area contributed by atoms with Crippen molar-refractivity contribution in [1.29, 1.82) is 0 Å². The first-order chi connectivity index (χ1) is 13.8. The maximum atomic E-state index is 12.4. The number of aliphatic imine (C=N–C) groups is 1. The van der Waals surface area contributed by atoms with Gasteiger partial charge in [0.25, 0.3) is 5.91 Å². The fraction of sp³-hybridized carbons (Fsp3) is 0.263. The number of amidine groups is 1. The number of fused-ring (bicyclic) bond motifs is 1. The first-order valence-electron chi connectivity index (χ1n) is 8.72. The Morgan fingerprint density at radius 2 is 2.00 bits per heavy atom. The van der Waals surface area contributed by atoms with E-state index in [0.29, 0.717) is 15.9 Å². The summed E-state index contributed by atoms with van der Waals surface area (Å²) in [6.07, 6.45) is 0. The minimum absolute atomic E-state index is 0.0473. The molecule has 0 unspecified atom stereocenters. The average Bonchev–Trinajstić information content (AvgIpc) is 3.12. The predicted octanol–water partition coefficient (Wildman–Crippen LogP) is 3.78. The number of ether oxygens (including phenoxy) is 1. The SMILES string of the molecule is O=C(COc1ccc(Cl)cc1)N=C1S[C@@H]2CS(=O)(=O)C[C@@H]2N1c1cccc(Br)c1. The second kappa shape index (κ2) is 8.29. The van der Waals surface area contributed by atoms with Gasteiger partial charge in [0.1, 0.15) is 5.75 Å². The van der Waals surface area contributed by atoms with Crippen molar-refractivity contribution in [3.63, 3.8) is 0 Å². The molecule has 0 spiro atoms. The summed E-state index contributed by atoms with van der Waals surface area (Å²) < 4.78 is 30.6. The topological polar surface area (TPSA) is 76.0 Å². The van der Waals surface area contributed by atoms with Crippen molar-refractivity contribution >= 4 is 65.9 Å². The predicted molar refractivity (Wildman–Crippen MR) is 120 cm³/mol. The van der Waals surface area contributed by atoms with Gasteiger partial charge in [-0.15, -0.1) is 0 Å². The Balaban J connectivity index is 1.56. The van der Waals surface area contributed by atoms with Gasteiger partial charge in [0.15, 0.2) is 21.6 Å². The zero-order chi connectivity index (χ0) is 20.6. The van der Waals surface area contributed by atoms with E-state index in [2.05, 4.69) is 20.9 Å². The molecule has 2 fully saturated rings. The Labute approximate surface area is 186 Å². The molecule has 0 radical (unpaired) electrons. The van der Waals surface area contributed by atoms with Crippen LogP contribution < -0.4 is 9.64 Å². The molecule has 2 aliphatic heterocycles. The molecule has 6 nitrogen and oxygen atoms in total. The first-order valence-corrected chi connectivity index (χ1v) is 12.6. The fourth-order valence-corrected chi connectivity index (χ4v) is 7.75. The minimum atomic E-state index is -3.11. The fourth-order valence-electron chi connectivity index (χ4n) is 3.31. The van der Waals surface area contributed by atoms with Gasteiger partial charge in [-0.05, 0) is 42.5 Å². The maximum Gasteiger partial charge on any atom is 0.285 e. The van der Waals surface area contributed by atoms with Gasteiger partial charge in [0, 0.05) is 20.4 Å². The van der Waals surface area contributed by atoms with E-state index in [9.17, 15) is 13.2 Å². The van der Waals surface area contributed by atoms with Crippen molar-refractivity contribution in [3.8, 4) is 5.75 Å². The molecule has 152 valence electrons. The average molecular weight is 516 g/mol. The van der Waals surface area contributed by atoms with E-state index < -0.39 is 15.7 Å². The largest absolute Gasteiger partial charge is 0.484 e. The van der Waals surface area contributed by atoms with Crippen molar-refractivity contribution in [2.24, 2.45) is 4.99 Å². The first kappa shape index (κ1) is 20.7. The van der Waals surface area contributed by atoms with E-state index in [1.54, 1.807) is 24.3 Å². The van der Waals surface area contributed by atoms with E-state index in [1.807, 2.05) is 29.2 Å². The van der Waals surface area contributed by atoms with Gasteiger partial charge in [-0.3, -0.25) is 4.79 Å². The molecule has 0 bridgehead atoms. The number of hydrogen-bond donors (Lipinski definition) is 0. The highest BCUT2D eigenvalue weighted by Crippen LogP contribution is 2.41. The molecular formula is C19H16BrClN2O4S2. The second-order valence-corrected chi connectivity index (χ2v) is 11.4. The van der Waals surface area contributed by atoms with Gasteiger partial charge in [0.05, 0.1) is 17.5 Å². The summed E-state index contributed by atoms with van der Waals surface area (Å²) in [5, 5.41) is 0.929. The van der Waals surface area contributed by atoms with Gasteiger partial charge in [-0.1, -0.05) is 45.4 Å². The van der Waals surface area contributed by atoms with E-state index in [1.165, 1.54) is 11.8 Å². The van der Waals surface area contributed by atoms with E-state index in [0.717, 1.165) is 10.2 Å². The normalized spacial score (nSPS) is 23.9. The van der Waals surface area contributed by atoms with Crippen LogP contribution >= 0.6 is 39.3 Å². The highest BCUT2D eigenvalue weighted by Gasteiger charge is 2.49. The zero-order valence-corrected chi connectivity index (χ0v) is 19.0. The third-order valence-electron chi connectivity index (χ3n) is 4.55. The van der Waals surface area contributed by atoms with Crippen LogP contribution in [-0.2, 0) is 14.6 Å². The van der Waals surface area contributed by atoms with Crippen molar-refractivity contribution in [1.82, 2.24) is 0 Å². The molecule has 2 heterocycles. The van der Waals surface area contributed by atoms with Crippen molar-refractivity contribution in [2.75, 3.05) is 23.0 Å². The zero-order valence-electron chi connectivity index (χ0n) is 15.0. The molecule has 0 aromatic heterocycles. The number of carbonyl (C=O) groups is 1. The Morgan fingerprint density at radius 3 is 2.72 bits per heavy atom. The molecule has 1 amide bonds. The highest BCUT2D eigenvalue weighted by atomic mass is 79.9. The molecular weight excluding hydrogens is 500 g/mol. The number of rotatable bonds is 4. The number of nitrogens with zero attached hydrogens (tertiary/aromatic N) is 2. The highest BCUT2D eigenvalue weighted by molar-refractivity contribution is 9.10. The van der Waals surface area contributed by atoms with Crippen molar-refractivity contribution in [3.05, 3.63) is 58.0 Å². The molecule has 10 heteroatoms. The number of hydrogen-bond acceptors (Lipinski definition) is 5. The lowest BCUT2D eigenvalue weighted by molar-refractivity contribution is -0.119. The Hall–Kier alpha value is -1.55. The molecule has 4 rings (SSSR count). The molecule has 2 atom stereocenters. The number of benzene rings is 2. The third kappa shape index (κ3) is 4.79. The van der Waals surface area contributed by atoms with Crippen LogP contribution in [0.4, 0.5) is 5.69 Å². The van der Waals surface area contributed by atoms with E-state index in [4.69, 9.17) is 16.3 Å². The molecule has 0 aliphatic carbocycles. The summed E-state index contributed by atoms with van der Waals surface area (Å²) in [7, 11) is -3.11. The summed E-state index contributed by atoms with van der Waals surface area (Å²) in [6.45, 7) is -0.217. The van der Waals surface area contributed by atoms with Gasteiger partial charge in [0.2, 0.25) is 0 Å². The van der Waals surface area contributed by atoms with Gasteiger partial charge in [-0.25, -0.2) is 8.42 Å². The monoisotopic (exact) mass is 514 g/mol. The van der Waals surface area contributed by atoms with E-state index >= 15 is 0 Å². The smallest absolute Gasteiger partial charge is 0.285 e. The number of halogens is 2. The second-order valence-electron chi connectivity index (χ2n) is 6.68. The van der Waals surface area contributed by atoms with Crippen LogP contribution in [-0.4, -0.2) is 48.9 Å². The quantitative estimate of drug-likeness (QED) is 0.617. The number of carbonyl (C=O) groups excluding carboxylic acids is 1. The van der Waals surface area contributed by atoms with Gasteiger partial charge in [-0.2, -0.15) is 4.99 Å². The maximum absolute atomic E-state index is 12.4.